The SMILES string of the molecule is COc1cccc(O[C@@H](C)C(=O)NCCOc2ccccc2OC)c1. The first-order valence-corrected chi connectivity index (χ1v) is 7.98. The Morgan fingerprint density at radius 1 is 1.00 bits per heavy atom. The van der Waals surface area contributed by atoms with Gasteiger partial charge in [0.2, 0.25) is 0 Å². The number of carbonyl (C=O) groups excluding carboxylic acids is 1. The quantitative estimate of drug-likeness (QED) is 0.708. The van der Waals surface area contributed by atoms with Crippen LogP contribution < -0.4 is 24.3 Å². The molecule has 0 aliphatic heterocycles. The highest BCUT2D eigenvalue weighted by atomic mass is 16.5. The van der Waals surface area contributed by atoms with Crippen molar-refractivity contribution < 1.29 is 23.7 Å². The summed E-state index contributed by atoms with van der Waals surface area (Å²) in [4.78, 5) is 12.1. The molecule has 25 heavy (non-hydrogen) atoms. The molecule has 1 N–H and O–H groups in total. The number of carbonyl (C=O) groups is 1. The average Bonchev–Trinajstić information content (AvgIpc) is 2.65. The van der Waals surface area contributed by atoms with Crippen LogP contribution in [-0.2, 0) is 4.79 Å². The van der Waals surface area contributed by atoms with Crippen molar-refractivity contribution in [3.63, 3.8) is 0 Å². The lowest BCUT2D eigenvalue weighted by Crippen LogP contribution is -2.38. The van der Waals surface area contributed by atoms with E-state index < -0.39 is 6.10 Å². The van der Waals surface area contributed by atoms with E-state index in [0.29, 0.717) is 36.1 Å². The maximum atomic E-state index is 12.1. The van der Waals surface area contributed by atoms with Crippen LogP contribution in [0.15, 0.2) is 48.5 Å². The molecule has 6 nitrogen and oxygen atoms in total. The van der Waals surface area contributed by atoms with Crippen molar-refractivity contribution >= 4 is 5.91 Å². The van der Waals surface area contributed by atoms with E-state index in [0.717, 1.165) is 0 Å². The van der Waals surface area contributed by atoms with E-state index in [1.54, 1.807) is 39.3 Å². The minimum absolute atomic E-state index is 0.216. The van der Waals surface area contributed by atoms with Gasteiger partial charge in [-0.1, -0.05) is 18.2 Å². The number of rotatable bonds is 9. The van der Waals surface area contributed by atoms with Gasteiger partial charge in [-0.3, -0.25) is 4.79 Å². The van der Waals surface area contributed by atoms with Crippen LogP contribution in [0, 0.1) is 0 Å². The zero-order valence-corrected chi connectivity index (χ0v) is 14.7. The Hall–Kier alpha value is -2.89. The van der Waals surface area contributed by atoms with Gasteiger partial charge in [0.05, 0.1) is 20.8 Å². The Morgan fingerprint density at radius 2 is 1.72 bits per heavy atom. The van der Waals surface area contributed by atoms with Crippen molar-refractivity contribution in [3.05, 3.63) is 48.5 Å². The summed E-state index contributed by atoms with van der Waals surface area (Å²) in [5.41, 5.74) is 0. The smallest absolute Gasteiger partial charge is 0.260 e. The summed E-state index contributed by atoms with van der Waals surface area (Å²) < 4.78 is 21.6. The minimum Gasteiger partial charge on any atom is -0.497 e. The second-order valence-electron chi connectivity index (χ2n) is 5.23. The first kappa shape index (κ1) is 18.4. The van der Waals surface area contributed by atoms with Crippen LogP contribution in [0.5, 0.6) is 23.0 Å². The molecule has 0 bridgehead atoms. The van der Waals surface area contributed by atoms with E-state index in [9.17, 15) is 4.79 Å². The van der Waals surface area contributed by atoms with Crippen LogP contribution in [-0.4, -0.2) is 39.4 Å². The molecule has 0 aliphatic rings. The monoisotopic (exact) mass is 345 g/mol. The molecule has 0 aliphatic carbocycles. The molecule has 0 heterocycles. The van der Waals surface area contributed by atoms with E-state index >= 15 is 0 Å². The lowest BCUT2D eigenvalue weighted by Gasteiger charge is -2.15. The third kappa shape index (κ3) is 5.60. The maximum Gasteiger partial charge on any atom is 0.260 e. The molecule has 2 aromatic rings. The average molecular weight is 345 g/mol. The number of para-hydroxylation sites is 2. The standard InChI is InChI=1S/C19H23NO5/c1-14(25-16-8-6-7-15(13-16)22-2)19(21)20-11-12-24-18-10-5-4-9-17(18)23-3/h4-10,13-14H,11-12H2,1-3H3,(H,20,21)/t14-/m0/s1. The Balaban J connectivity index is 1.75. The van der Waals surface area contributed by atoms with Gasteiger partial charge in [0.1, 0.15) is 18.1 Å². The highest BCUT2D eigenvalue weighted by molar-refractivity contribution is 5.80. The summed E-state index contributed by atoms with van der Waals surface area (Å²) in [6.45, 7) is 2.39. The van der Waals surface area contributed by atoms with Crippen molar-refractivity contribution in [1.82, 2.24) is 5.32 Å². The highest BCUT2D eigenvalue weighted by Gasteiger charge is 2.14. The molecule has 2 rings (SSSR count). The fourth-order valence-corrected chi connectivity index (χ4v) is 2.15. The number of methoxy groups -OCH3 is 2. The Bertz CT molecular complexity index is 689. The number of benzene rings is 2. The Kier molecular flexibility index (Phi) is 6.95. The molecule has 134 valence electrons. The molecule has 6 heteroatoms. The number of hydrogen-bond acceptors (Lipinski definition) is 5. The van der Waals surface area contributed by atoms with Gasteiger partial charge in [0, 0.05) is 6.07 Å². The first-order chi connectivity index (χ1) is 12.1. The fraction of sp³-hybridized carbons (Fsp3) is 0.316. The fourth-order valence-electron chi connectivity index (χ4n) is 2.15. The van der Waals surface area contributed by atoms with Gasteiger partial charge in [0.15, 0.2) is 17.6 Å². The van der Waals surface area contributed by atoms with Gasteiger partial charge in [-0.25, -0.2) is 0 Å². The summed E-state index contributed by atoms with van der Waals surface area (Å²) in [5.74, 6) is 2.33. The van der Waals surface area contributed by atoms with Crippen molar-refractivity contribution in [3.8, 4) is 23.0 Å². The van der Waals surface area contributed by atoms with Crippen molar-refractivity contribution in [2.24, 2.45) is 0 Å². The Labute approximate surface area is 147 Å². The van der Waals surface area contributed by atoms with Crippen LogP contribution in [0.25, 0.3) is 0 Å². The topological polar surface area (TPSA) is 66.0 Å². The van der Waals surface area contributed by atoms with Crippen LogP contribution in [0.3, 0.4) is 0 Å². The largest absolute Gasteiger partial charge is 0.497 e. The number of nitrogens with one attached hydrogen (secondary N) is 1. The molecule has 1 amide bonds. The molecule has 0 spiro atoms. The van der Waals surface area contributed by atoms with Gasteiger partial charge in [-0.15, -0.1) is 0 Å². The predicted molar refractivity (Wildman–Crippen MR) is 94.6 cm³/mol. The van der Waals surface area contributed by atoms with Crippen molar-refractivity contribution in [2.45, 2.75) is 13.0 Å². The molecular formula is C19H23NO5. The summed E-state index contributed by atoms with van der Waals surface area (Å²) in [6, 6.07) is 14.5. The van der Waals surface area contributed by atoms with Gasteiger partial charge in [-0.2, -0.15) is 0 Å². The van der Waals surface area contributed by atoms with E-state index in [2.05, 4.69) is 5.32 Å². The van der Waals surface area contributed by atoms with Gasteiger partial charge < -0.3 is 24.3 Å². The number of hydrogen-bond donors (Lipinski definition) is 1. The highest BCUT2D eigenvalue weighted by Crippen LogP contribution is 2.25. The first-order valence-electron chi connectivity index (χ1n) is 7.98. The molecule has 0 fully saturated rings. The van der Waals surface area contributed by atoms with Gasteiger partial charge in [-0.05, 0) is 31.2 Å². The van der Waals surface area contributed by atoms with Crippen LogP contribution in [0.2, 0.25) is 0 Å². The van der Waals surface area contributed by atoms with Crippen LogP contribution >= 0.6 is 0 Å². The molecule has 1 atom stereocenters. The lowest BCUT2D eigenvalue weighted by molar-refractivity contribution is -0.127. The number of ether oxygens (including phenoxy) is 4. The Morgan fingerprint density at radius 3 is 2.44 bits per heavy atom. The third-order valence-corrected chi connectivity index (χ3v) is 3.45. The normalized spacial score (nSPS) is 11.3. The van der Waals surface area contributed by atoms with Gasteiger partial charge >= 0.3 is 0 Å². The summed E-state index contributed by atoms with van der Waals surface area (Å²) >= 11 is 0. The lowest BCUT2D eigenvalue weighted by atomic mass is 10.3. The van der Waals surface area contributed by atoms with Crippen LogP contribution in [0.1, 0.15) is 6.92 Å². The summed E-state index contributed by atoms with van der Waals surface area (Å²) in [6.07, 6.45) is -0.627. The molecule has 0 saturated carbocycles. The molecule has 0 saturated heterocycles. The van der Waals surface area contributed by atoms with Crippen LogP contribution in [0.4, 0.5) is 0 Å². The maximum absolute atomic E-state index is 12.1. The zero-order valence-electron chi connectivity index (χ0n) is 14.7. The van der Waals surface area contributed by atoms with Gasteiger partial charge in [0.25, 0.3) is 5.91 Å². The van der Waals surface area contributed by atoms with E-state index in [-0.39, 0.29) is 5.91 Å². The van der Waals surface area contributed by atoms with Crippen molar-refractivity contribution in [2.75, 3.05) is 27.4 Å². The minimum atomic E-state index is -0.627. The molecular weight excluding hydrogens is 322 g/mol. The molecule has 0 unspecified atom stereocenters. The second kappa shape index (κ2) is 9.42. The third-order valence-electron chi connectivity index (χ3n) is 3.45. The molecule has 2 aromatic carbocycles. The second-order valence-corrected chi connectivity index (χ2v) is 5.23. The van der Waals surface area contributed by atoms with E-state index in [4.69, 9.17) is 18.9 Å². The summed E-state index contributed by atoms with van der Waals surface area (Å²) in [5, 5.41) is 2.78. The van der Waals surface area contributed by atoms with E-state index in [1.807, 2.05) is 30.3 Å². The number of amides is 1. The molecule has 0 aromatic heterocycles. The summed E-state index contributed by atoms with van der Waals surface area (Å²) in [7, 11) is 3.17. The van der Waals surface area contributed by atoms with Crippen molar-refractivity contribution in [1.29, 1.82) is 0 Å². The van der Waals surface area contributed by atoms with E-state index in [1.165, 1.54) is 0 Å². The molecule has 0 radical (unpaired) electrons. The zero-order chi connectivity index (χ0) is 18.1. The predicted octanol–water partition coefficient (Wildman–Crippen LogP) is 2.67.